The summed E-state index contributed by atoms with van der Waals surface area (Å²) in [5.41, 5.74) is 1.71. The molecule has 0 bridgehead atoms. The van der Waals surface area contributed by atoms with Crippen molar-refractivity contribution in [1.82, 2.24) is 10.2 Å². The molecular weight excluding hydrogens is 499 g/mol. The number of hydrogen-bond donors (Lipinski definition) is 1. The van der Waals surface area contributed by atoms with Crippen LogP contribution in [0.25, 0.3) is 0 Å². The summed E-state index contributed by atoms with van der Waals surface area (Å²) in [5.74, 6) is 1.09. The van der Waals surface area contributed by atoms with Crippen molar-refractivity contribution in [3.63, 3.8) is 0 Å². The number of nitrogens with zero attached hydrogens (tertiary/aromatic N) is 1. The van der Waals surface area contributed by atoms with Gasteiger partial charge in [-0.15, -0.1) is 0 Å². The van der Waals surface area contributed by atoms with Crippen molar-refractivity contribution in [3.05, 3.63) is 57.6 Å². The van der Waals surface area contributed by atoms with Gasteiger partial charge in [-0.3, -0.25) is 9.59 Å². The fourth-order valence-electron chi connectivity index (χ4n) is 4.45. The summed E-state index contributed by atoms with van der Waals surface area (Å²) < 4.78 is 11.4. The summed E-state index contributed by atoms with van der Waals surface area (Å²) in [6, 6.07) is 10.5. The molecule has 0 saturated heterocycles. The van der Waals surface area contributed by atoms with Crippen LogP contribution in [0.3, 0.4) is 0 Å². The minimum absolute atomic E-state index is 0.123. The van der Waals surface area contributed by atoms with Gasteiger partial charge >= 0.3 is 0 Å². The molecule has 1 atom stereocenters. The quantitative estimate of drug-likeness (QED) is 0.352. The zero-order valence-electron chi connectivity index (χ0n) is 21.3. The van der Waals surface area contributed by atoms with Gasteiger partial charge in [0.25, 0.3) is 0 Å². The lowest BCUT2D eigenvalue weighted by molar-refractivity contribution is -0.140. The number of carbonyl (C=O) groups is 2. The van der Waals surface area contributed by atoms with E-state index in [9.17, 15) is 9.59 Å². The molecule has 6 nitrogen and oxygen atoms in total. The first-order chi connectivity index (χ1) is 17.3. The summed E-state index contributed by atoms with van der Waals surface area (Å²) in [4.78, 5) is 28.2. The van der Waals surface area contributed by atoms with Crippen molar-refractivity contribution < 1.29 is 19.1 Å². The van der Waals surface area contributed by atoms with Crippen LogP contribution >= 0.6 is 23.2 Å². The van der Waals surface area contributed by atoms with Crippen LogP contribution in [-0.4, -0.2) is 42.0 Å². The average molecular weight is 536 g/mol. The number of carbonyl (C=O) groups excluding carboxylic acids is 2. The number of rotatable bonds is 12. The third kappa shape index (κ3) is 7.78. The van der Waals surface area contributed by atoms with Crippen molar-refractivity contribution in [2.24, 2.45) is 0 Å². The van der Waals surface area contributed by atoms with Gasteiger partial charge in [0.15, 0.2) is 11.5 Å². The molecule has 0 aromatic heterocycles. The van der Waals surface area contributed by atoms with E-state index in [1.54, 1.807) is 30.0 Å². The number of benzene rings is 2. The lowest BCUT2D eigenvalue weighted by Crippen LogP contribution is -2.49. The second-order valence-electron chi connectivity index (χ2n) is 9.07. The van der Waals surface area contributed by atoms with Crippen LogP contribution in [0, 0.1) is 0 Å². The summed E-state index contributed by atoms with van der Waals surface area (Å²) in [7, 11) is 0. The molecule has 2 aromatic rings. The van der Waals surface area contributed by atoms with E-state index in [4.69, 9.17) is 32.7 Å². The molecule has 0 spiro atoms. The van der Waals surface area contributed by atoms with Crippen LogP contribution < -0.4 is 14.8 Å². The predicted molar refractivity (Wildman–Crippen MR) is 144 cm³/mol. The fourth-order valence-corrected chi connectivity index (χ4v) is 4.92. The second kappa shape index (κ2) is 13.8. The van der Waals surface area contributed by atoms with Crippen molar-refractivity contribution >= 4 is 35.0 Å². The Morgan fingerprint density at radius 1 is 1.03 bits per heavy atom. The average Bonchev–Trinajstić information content (AvgIpc) is 3.36. The Morgan fingerprint density at radius 2 is 1.72 bits per heavy atom. The van der Waals surface area contributed by atoms with Crippen molar-refractivity contribution in [2.45, 2.75) is 77.9 Å². The monoisotopic (exact) mass is 534 g/mol. The Balaban J connectivity index is 1.75. The zero-order chi connectivity index (χ0) is 26.1. The van der Waals surface area contributed by atoms with Crippen molar-refractivity contribution in [2.75, 3.05) is 13.2 Å². The third-order valence-electron chi connectivity index (χ3n) is 6.46. The van der Waals surface area contributed by atoms with Gasteiger partial charge in [0.1, 0.15) is 6.04 Å². The lowest BCUT2D eigenvalue weighted by atomic mass is 10.1. The molecule has 0 unspecified atom stereocenters. The first kappa shape index (κ1) is 28.1. The Morgan fingerprint density at radius 3 is 2.39 bits per heavy atom. The summed E-state index contributed by atoms with van der Waals surface area (Å²) in [6.07, 6.45) is 4.95. The molecule has 0 aliphatic heterocycles. The summed E-state index contributed by atoms with van der Waals surface area (Å²) >= 11 is 12.5. The number of aryl methyl sites for hydroxylation is 1. The SMILES string of the molecule is CCOc1ccc(CCC(=O)N(Cc2ccc(Cl)cc2Cl)[C@@H](C)C(=O)NC2CCCC2)cc1OCC. The smallest absolute Gasteiger partial charge is 0.242 e. The highest BCUT2D eigenvalue weighted by molar-refractivity contribution is 6.35. The van der Waals surface area contributed by atoms with Gasteiger partial charge in [0.05, 0.1) is 13.2 Å². The van der Waals surface area contributed by atoms with Gasteiger partial charge in [-0.1, -0.05) is 48.2 Å². The molecule has 0 radical (unpaired) electrons. The van der Waals surface area contributed by atoms with Crippen LogP contribution in [0.1, 0.15) is 64.0 Å². The van der Waals surface area contributed by atoms with Gasteiger partial charge in [-0.2, -0.15) is 0 Å². The molecule has 3 rings (SSSR count). The number of hydrogen-bond acceptors (Lipinski definition) is 4. The van der Waals surface area contributed by atoms with E-state index in [-0.39, 0.29) is 30.8 Å². The molecule has 1 aliphatic rings. The van der Waals surface area contributed by atoms with Crippen LogP contribution in [0.4, 0.5) is 0 Å². The minimum atomic E-state index is -0.635. The molecule has 1 aliphatic carbocycles. The van der Waals surface area contributed by atoms with Crippen molar-refractivity contribution in [1.29, 1.82) is 0 Å². The van der Waals surface area contributed by atoms with E-state index < -0.39 is 6.04 Å². The molecule has 8 heteroatoms. The van der Waals surface area contributed by atoms with Gasteiger partial charge < -0.3 is 19.7 Å². The van der Waals surface area contributed by atoms with Crippen molar-refractivity contribution in [3.8, 4) is 11.5 Å². The second-order valence-corrected chi connectivity index (χ2v) is 9.91. The number of amides is 2. The Kier molecular flexibility index (Phi) is 10.7. The van der Waals surface area contributed by atoms with E-state index in [1.165, 1.54) is 0 Å². The van der Waals surface area contributed by atoms with E-state index in [1.807, 2.05) is 32.0 Å². The largest absolute Gasteiger partial charge is 0.490 e. The van der Waals surface area contributed by atoms with Gasteiger partial charge in [-0.05, 0) is 75.4 Å². The summed E-state index contributed by atoms with van der Waals surface area (Å²) in [6.45, 7) is 6.90. The third-order valence-corrected chi connectivity index (χ3v) is 7.05. The van der Waals surface area contributed by atoms with Gasteiger partial charge in [0, 0.05) is 29.1 Å². The molecule has 2 amide bonds. The van der Waals surface area contributed by atoms with E-state index >= 15 is 0 Å². The molecule has 1 N–H and O–H groups in total. The van der Waals surface area contributed by atoms with E-state index in [0.717, 1.165) is 36.8 Å². The van der Waals surface area contributed by atoms with Crippen LogP contribution in [-0.2, 0) is 22.6 Å². The van der Waals surface area contributed by atoms with E-state index in [2.05, 4.69) is 5.32 Å². The normalized spacial score (nSPS) is 14.4. The standard InChI is InChI=1S/C28H36Cl2N2O4/c1-4-35-25-14-10-20(16-26(25)36-5-2)11-15-27(33)32(18-21-12-13-22(29)17-24(21)30)19(3)28(34)31-23-8-6-7-9-23/h10,12-14,16-17,19,23H,4-9,11,15,18H2,1-3H3,(H,31,34)/t19-/m0/s1. The number of halogens is 2. The Hall–Kier alpha value is -2.44. The number of ether oxygens (including phenoxy) is 2. The predicted octanol–water partition coefficient (Wildman–Crippen LogP) is 6.20. The molecule has 36 heavy (non-hydrogen) atoms. The maximum atomic E-state index is 13.5. The molecule has 196 valence electrons. The maximum Gasteiger partial charge on any atom is 0.242 e. The highest BCUT2D eigenvalue weighted by Crippen LogP contribution is 2.29. The van der Waals surface area contributed by atoms with Gasteiger partial charge in [-0.25, -0.2) is 0 Å². The highest BCUT2D eigenvalue weighted by atomic mass is 35.5. The topological polar surface area (TPSA) is 67.9 Å². The maximum absolute atomic E-state index is 13.5. The number of nitrogens with one attached hydrogen (secondary N) is 1. The first-order valence-corrected chi connectivity index (χ1v) is 13.5. The molecular formula is C28H36Cl2N2O4. The van der Waals surface area contributed by atoms with Crippen LogP contribution in [0.15, 0.2) is 36.4 Å². The molecule has 1 fully saturated rings. The highest BCUT2D eigenvalue weighted by Gasteiger charge is 2.28. The van der Waals surface area contributed by atoms with Crippen LogP contribution in [0.5, 0.6) is 11.5 Å². The minimum Gasteiger partial charge on any atom is -0.490 e. The van der Waals surface area contributed by atoms with E-state index in [0.29, 0.717) is 41.2 Å². The Labute approximate surface area is 224 Å². The Bertz CT molecular complexity index is 1040. The summed E-state index contributed by atoms with van der Waals surface area (Å²) in [5, 5.41) is 4.11. The zero-order valence-corrected chi connectivity index (χ0v) is 22.8. The lowest BCUT2D eigenvalue weighted by Gasteiger charge is -2.30. The molecule has 0 heterocycles. The fraction of sp³-hybridized carbons (Fsp3) is 0.500. The first-order valence-electron chi connectivity index (χ1n) is 12.7. The molecule has 1 saturated carbocycles. The molecule has 2 aromatic carbocycles. The van der Waals surface area contributed by atoms with Crippen LogP contribution in [0.2, 0.25) is 10.0 Å². The van der Waals surface area contributed by atoms with Gasteiger partial charge in [0.2, 0.25) is 11.8 Å².